The van der Waals surface area contributed by atoms with Crippen LogP contribution in [0.4, 0.5) is 5.69 Å². The monoisotopic (exact) mass is 373 g/mol. The van der Waals surface area contributed by atoms with Crippen molar-refractivity contribution in [1.82, 2.24) is 9.97 Å². The number of carbonyl (C=O) groups is 1. The van der Waals surface area contributed by atoms with E-state index in [1.54, 1.807) is 0 Å². The summed E-state index contributed by atoms with van der Waals surface area (Å²) in [6.45, 7) is 7.89. The molecule has 0 atom stereocenters. The second kappa shape index (κ2) is 7.01. The molecule has 1 amide bonds. The summed E-state index contributed by atoms with van der Waals surface area (Å²) in [5.41, 5.74) is 4.87. The Morgan fingerprint density at radius 1 is 1.20 bits per heavy atom. The van der Waals surface area contributed by atoms with Gasteiger partial charge < -0.3 is 10.3 Å². The van der Waals surface area contributed by atoms with Gasteiger partial charge in [-0.05, 0) is 49.8 Å². The van der Waals surface area contributed by atoms with E-state index in [0.717, 1.165) is 22.4 Å². The van der Waals surface area contributed by atoms with Crippen LogP contribution in [0.3, 0.4) is 0 Å². The number of H-pyrrole nitrogens is 1. The number of benzene rings is 1. The van der Waals surface area contributed by atoms with Crippen molar-refractivity contribution in [2.75, 3.05) is 11.1 Å². The Bertz CT molecular complexity index is 998. The summed E-state index contributed by atoms with van der Waals surface area (Å²) in [5.74, 6) is 0.0658. The number of fused-ring (bicyclic) bond motifs is 1. The Kier molecular flexibility index (Phi) is 4.96. The fraction of sp³-hybridized carbons (Fsp3) is 0.278. The molecule has 0 saturated heterocycles. The SMILES string of the molecule is Cc1cc(C)c(NC(=O)CSc2nc3scc(C)c3c(=O)[nH]2)c(C)c1. The van der Waals surface area contributed by atoms with Gasteiger partial charge in [-0.1, -0.05) is 29.5 Å². The second-order valence-corrected chi connectivity index (χ2v) is 7.90. The highest BCUT2D eigenvalue weighted by Gasteiger charge is 2.12. The quantitative estimate of drug-likeness (QED) is 0.536. The summed E-state index contributed by atoms with van der Waals surface area (Å²) in [6, 6.07) is 4.09. The zero-order chi connectivity index (χ0) is 18.1. The zero-order valence-electron chi connectivity index (χ0n) is 14.5. The summed E-state index contributed by atoms with van der Waals surface area (Å²) < 4.78 is 0. The van der Waals surface area contributed by atoms with E-state index >= 15 is 0 Å². The van der Waals surface area contributed by atoms with E-state index in [1.807, 2.05) is 45.2 Å². The van der Waals surface area contributed by atoms with Gasteiger partial charge in [0.05, 0.1) is 11.1 Å². The zero-order valence-corrected chi connectivity index (χ0v) is 16.2. The Morgan fingerprint density at radius 3 is 2.56 bits per heavy atom. The molecule has 2 N–H and O–H groups in total. The smallest absolute Gasteiger partial charge is 0.260 e. The van der Waals surface area contributed by atoms with Gasteiger partial charge in [0.25, 0.3) is 5.56 Å². The number of nitrogens with one attached hydrogen (secondary N) is 2. The predicted octanol–water partition coefficient (Wildman–Crippen LogP) is 3.95. The number of carbonyl (C=O) groups excluding carboxylic acids is 1. The summed E-state index contributed by atoms with van der Waals surface area (Å²) in [6.07, 6.45) is 0. The van der Waals surface area contributed by atoms with Crippen LogP contribution in [0.1, 0.15) is 22.3 Å². The first kappa shape index (κ1) is 17.7. The van der Waals surface area contributed by atoms with Gasteiger partial charge in [-0.2, -0.15) is 0 Å². The maximum atomic E-state index is 12.3. The molecule has 130 valence electrons. The van der Waals surface area contributed by atoms with E-state index in [1.165, 1.54) is 28.7 Å². The highest BCUT2D eigenvalue weighted by Crippen LogP contribution is 2.24. The molecule has 0 fully saturated rings. The third kappa shape index (κ3) is 3.77. The Labute approximate surface area is 153 Å². The van der Waals surface area contributed by atoms with E-state index in [0.29, 0.717) is 15.4 Å². The minimum absolute atomic E-state index is 0.120. The molecule has 5 nitrogen and oxygen atoms in total. The topological polar surface area (TPSA) is 74.8 Å². The molecule has 3 aromatic rings. The van der Waals surface area contributed by atoms with Crippen molar-refractivity contribution in [3.05, 3.63) is 50.1 Å². The molecule has 0 radical (unpaired) electrons. The van der Waals surface area contributed by atoms with Gasteiger partial charge in [0.15, 0.2) is 5.16 Å². The molecule has 0 aliphatic heterocycles. The van der Waals surface area contributed by atoms with Crippen LogP contribution in [0.5, 0.6) is 0 Å². The van der Waals surface area contributed by atoms with Crippen LogP contribution in [0.2, 0.25) is 0 Å². The van der Waals surface area contributed by atoms with Crippen molar-refractivity contribution in [1.29, 1.82) is 0 Å². The van der Waals surface area contributed by atoms with Gasteiger partial charge in [-0.25, -0.2) is 4.98 Å². The van der Waals surface area contributed by atoms with Crippen molar-refractivity contribution in [3.63, 3.8) is 0 Å². The Hall–Kier alpha value is -2.12. The molecule has 1 aromatic carbocycles. The molecule has 0 saturated carbocycles. The molecule has 25 heavy (non-hydrogen) atoms. The Morgan fingerprint density at radius 2 is 1.88 bits per heavy atom. The predicted molar refractivity (Wildman–Crippen MR) is 105 cm³/mol. The minimum Gasteiger partial charge on any atom is -0.325 e. The molecule has 0 aliphatic rings. The maximum Gasteiger partial charge on any atom is 0.260 e. The third-order valence-corrected chi connectivity index (χ3v) is 5.75. The van der Waals surface area contributed by atoms with Gasteiger partial charge >= 0.3 is 0 Å². The molecule has 7 heteroatoms. The molecule has 0 aliphatic carbocycles. The number of hydrogen-bond acceptors (Lipinski definition) is 5. The number of nitrogens with zero attached hydrogens (tertiary/aromatic N) is 1. The van der Waals surface area contributed by atoms with E-state index in [-0.39, 0.29) is 17.2 Å². The highest BCUT2D eigenvalue weighted by molar-refractivity contribution is 7.99. The van der Waals surface area contributed by atoms with Crippen LogP contribution in [-0.4, -0.2) is 21.6 Å². The van der Waals surface area contributed by atoms with Crippen molar-refractivity contribution < 1.29 is 4.79 Å². The molecule has 0 spiro atoms. The number of anilines is 1. The number of aryl methyl sites for hydroxylation is 4. The Balaban J connectivity index is 1.72. The van der Waals surface area contributed by atoms with E-state index in [2.05, 4.69) is 15.3 Å². The summed E-state index contributed by atoms with van der Waals surface area (Å²) >= 11 is 2.67. The summed E-state index contributed by atoms with van der Waals surface area (Å²) in [7, 11) is 0. The molecule has 0 unspecified atom stereocenters. The maximum absolute atomic E-state index is 12.3. The standard InChI is InChI=1S/C18H19N3O2S2/c1-9-5-10(2)15(11(3)6-9)19-13(22)8-25-18-20-16(23)14-12(4)7-24-17(14)21-18/h5-7H,8H2,1-4H3,(H,19,22)(H,20,21,23). The van der Waals surface area contributed by atoms with Gasteiger partial charge in [0.1, 0.15) is 4.83 Å². The number of thioether (sulfide) groups is 1. The molecule has 2 aromatic heterocycles. The number of amides is 1. The normalized spacial score (nSPS) is 11.0. The average molecular weight is 374 g/mol. The van der Waals surface area contributed by atoms with Crippen molar-refractivity contribution >= 4 is 44.9 Å². The number of rotatable bonds is 4. The lowest BCUT2D eigenvalue weighted by molar-refractivity contribution is -0.113. The van der Waals surface area contributed by atoms with Gasteiger partial charge in [0, 0.05) is 5.69 Å². The molecule has 0 bridgehead atoms. The van der Waals surface area contributed by atoms with Crippen LogP contribution in [0.25, 0.3) is 10.2 Å². The molecule has 2 heterocycles. The molecular weight excluding hydrogens is 354 g/mol. The number of aromatic amines is 1. The van der Waals surface area contributed by atoms with E-state index < -0.39 is 0 Å². The van der Waals surface area contributed by atoms with Crippen LogP contribution in [0.15, 0.2) is 27.5 Å². The minimum atomic E-state index is -0.156. The van der Waals surface area contributed by atoms with E-state index in [9.17, 15) is 9.59 Å². The van der Waals surface area contributed by atoms with Crippen LogP contribution < -0.4 is 10.9 Å². The average Bonchev–Trinajstić information content (AvgIpc) is 2.90. The first-order valence-corrected chi connectivity index (χ1v) is 9.70. The van der Waals surface area contributed by atoms with Gasteiger partial charge in [-0.15, -0.1) is 11.3 Å². The molecule has 3 rings (SSSR count). The van der Waals surface area contributed by atoms with Gasteiger partial charge in [-0.3, -0.25) is 9.59 Å². The van der Waals surface area contributed by atoms with Crippen LogP contribution in [0, 0.1) is 27.7 Å². The third-order valence-electron chi connectivity index (χ3n) is 3.89. The van der Waals surface area contributed by atoms with Crippen LogP contribution in [-0.2, 0) is 4.79 Å². The van der Waals surface area contributed by atoms with Gasteiger partial charge in [0.2, 0.25) is 5.91 Å². The highest BCUT2D eigenvalue weighted by atomic mass is 32.2. The number of hydrogen-bond donors (Lipinski definition) is 2. The largest absolute Gasteiger partial charge is 0.325 e. The van der Waals surface area contributed by atoms with Crippen molar-refractivity contribution in [3.8, 4) is 0 Å². The fourth-order valence-corrected chi connectivity index (χ4v) is 4.46. The lowest BCUT2D eigenvalue weighted by atomic mass is 10.1. The van der Waals surface area contributed by atoms with Crippen LogP contribution >= 0.6 is 23.1 Å². The first-order valence-electron chi connectivity index (χ1n) is 7.84. The van der Waals surface area contributed by atoms with Crippen molar-refractivity contribution in [2.45, 2.75) is 32.9 Å². The van der Waals surface area contributed by atoms with E-state index in [4.69, 9.17) is 0 Å². The summed E-state index contributed by atoms with van der Waals surface area (Å²) in [5, 5.41) is 5.96. The first-order chi connectivity index (χ1) is 11.8. The van der Waals surface area contributed by atoms with Crippen molar-refractivity contribution in [2.24, 2.45) is 0 Å². The second-order valence-electron chi connectivity index (χ2n) is 6.08. The summed E-state index contributed by atoms with van der Waals surface area (Å²) in [4.78, 5) is 32.3. The fourth-order valence-electron chi connectivity index (χ4n) is 2.82. The number of thiophene rings is 1. The lowest BCUT2D eigenvalue weighted by Gasteiger charge is -2.12. The lowest BCUT2D eigenvalue weighted by Crippen LogP contribution is -2.17. The molecular formula is C18H19N3O2S2. The number of aromatic nitrogens is 2.